The van der Waals surface area contributed by atoms with Crippen molar-refractivity contribution in [3.8, 4) is 6.07 Å². The molecule has 2 rings (SSSR count). The first-order valence-electron chi connectivity index (χ1n) is 7.91. The van der Waals surface area contributed by atoms with Crippen LogP contribution in [0.2, 0.25) is 0 Å². The highest BCUT2D eigenvalue weighted by molar-refractivity contribution is 9.10. The molecule has 21 heavy (non-hydrogen) atoms. The van der Waals surface area contributed by atoms with Crippen molar-refractivity contribution in [2.75, 3.05) is 0 Å². The molecule has 0 amide bonds. The van der Waals surface area contributed by atoms with Crippen molar-refractivity contribution in [3.05, 3.63) is 34.3 Å². The predicted molar refractivity (Wildman–Crippen MR) is 88.6 cm³/mol. The monoisotopic (exact) mass is 349 g/mol. The van der Waals surface area contributed by atoms with E-state index in [2.05, 4.69) is 28.9 Å². The van der Waals surface area contributed by atoms with Crippen molar-refractivity contribution in [2.45, 2.75) is 58.0 Å². The zero-order valence-corrected chi connectivity index (χ0v) is 14.5. The maximum absolute atomic E-state index is 11.5. The molecule has 114 valence electrons. The molecule has 1 N–H and O–H groups in total. The highest BCUT2D eigenvalue weighted by Gasteiger charge is 2.52. The van der Waals surface area contributed by atoms with E-state index in [4.69, 9.17) is 0 Å². The van der Waals surface area contributed by atoms with Gasteiger partial charge in [0.25, 0.3) is 0 Å². The van der Waals surface area contributed by atoms with E-state index in [-0.39, 0.29) is 0 Å². The summed E-state index contributed by atoms with van der Waals surface area (Å²) in [5, 5.41) is 21.4. The Kier molecular flexibility index (Phi) is 5.11. The SMILES string of the molecule is CCC1CCCC(C#N)(C(O)(CC)c2cccc(Br)c2)C1. The van der Waals surface area contributed by atoms with Gasteiger partial charge in [-0.05, 0) is 42.9 Å². The normalized spacial score (nSPS) is 28.6. The van der Waals surface area contributed by atoms with Crippen LogP contribution in [0.1, 0.15) is 57.9 Å². The van der Waals surface area contributed by atoms with Gasteiger partial charge >= 0.3 is 0 Å². The second-order valence-corrected chi connectivity index (χ2v) is 7.20. The van der Waals surface area contributed by atoms with Crippen molar-refractivity contribution >= 4 is 15.9 Å². The molecule has 0 spiro atoms. The summed E-state index contributed by atoms with van der Waals surface area (Å²) in [5.41, 5.74) is -0.876. The van der Waals surface area contributed by atoms with Gasteiger partial charge in [0.2, 0.25) is 0 Å². The van der Waals surface area contributed by atoms with Crippen LogP contribution in [0.25, 0.3) is 0 Å². The third kappa shape index (κ3) is 2.89. The lowest BCUT2D eigenvalue weighted by Gasteiger charge is -2.47. The van der Waals surface area contributed by atoms with Gasteiger partial charge in [0.05, 0.1) is 11.5 Å². The highest BCUT2D eigenvalue weighted by Crippen LogP contribution is 2.53. The van der Waals surface area contributed by atoms with Gasteiger partial charge in [0, 0.05) is 4.47 Å². The van der Waals surface area contributed by atoms with E-state index in [1.165, 1.54) is 6.42 Å². The largest absolute Gasteiger partial charge is 0.383 e. The number of nitrogens with zero attached hydrogens (tertiary/aromatic N) is 1. The molecule has 0 heterocycles. The summed E-state index contributed by atoms with van der Waals surface area (Å²) in [6.45, 7) is 4.16. The van der Waals surface area contributed by atoms with Gasteiger partial charge in [0.1, 0.15) is 5.60 Å². The molecule has 1 aliphatic rings. The first-order chi connectivity index (χ1) is 10.0. The summed E-state index contributed by atoms with van der Waals surface area (Å²) in [6.07, 6.45) is 5.45. The van der Waals surface area contributed by atoms with Gasteiger partial charge in [-0.3, -0.25) is 0 Å². The second kappa shape index (κ2) is 6.50. The van der Waals surface area contributed by atoms with Crippen LogP contribution in [0.5, 0.6) is 0 Å². The van der Waals surface area contributed by atoms with Crippen molar-refractivity contribution in [3.63, 3.8) is 0 Å². The van der Waals surface area contributed by atoms with Crippen LogP contribution in [0, 0.1) is 22.7 Å². The Bertz CT molecular complexity index is 538. The molecule has 3 heteroatoms. The molecule has 3 atom stereocenters. The predicted octanol–water partition coefficient (Wildman–Crippen LogP) is 5.16. The number of hydrogen-bond donors (Lipinski definition) is 1. The average molecular weight is 350 g/mol. The molecule has 1 aromatic rings. The van der Waals surface area contributed by atoms with Crippen LogP contribution in [-0.4, -0.2) is 5.11 Å². The van der Waals surface area contributed by atoms with Gasteiger partial charge in [0.15, 0.2) is 0 Å². The summed E-state index contributed by atoms with van der Waals surface area (Å²) in [7, 11) is 0. The Balaban J connectivity index is 2.48. The third-order valence-corrected chi connectivity index (χ3v) is 5.74. The molecule has 0 radical (unpaired) electrons. The van der Waals surface area contributed by atoms with Crippen molar-refractivity contribution in [1.82, 2.24) is 0 Å². The maximum atomic E-state index is 11.5. The Labute approximate surface area is 136 Å². The minimum absolute atomic E-state index is 0.545. The van der Waals surface area contributed by atoms with Gasteiger partial charge in [-0.15, -0.1) is 0 Å². The zero-order chi connectivity index (χ0) is 15.5. The fourth-order valence-corrected chi connectivity index (χ4v) is 4.27. The van der Waals surface area contributed by atoms with Crippen molar-refractivity contribution < 1.29 is 5.11 Å². The van der Waals surface area contributed by atoms with E-state index in [1.54, 1.807) is 0 Å². The number of halogens is 1. The van der Waals surface area contributed by atoms with Gasteiger partial charge in [-0.25, -0.2) is 0 Å². The van der Waals surface area contributed by atoms with Gasteiger partial charge in [-0.2, -0.15) is 5.26 Å². The Morgan fingerprint density at radius 2 is 2.24 bits per heavy atom. The summed E-state index contributed by atoms with van der Waals surface area (Å²) < 4.78 is 0.947. The van der Waals surface area contributed by atoms with E-state index in [0.717, 1.165) is 35.7 Å². The molecule has 1 aliphatic carbocycles. The molecule has 0 bridgehead atoms. The van der Waals surface area contributed by atoms with Crippen LogP contribution >= 0.6 is 15.9 Å². The van der Waals surface area contributed by atoms with E-state index >= 15 is 0 Å². The summed E-state index contributed by atoms with van der Waals surface area (Å²) in [6, 6.07) is 10.3. The van der Waals surface area contributed by atoms with Crippen LogP contribution in [0.4, 0.5) is 0 Å². The molecular weight excluding hydrogens is 326 g/mol. The van der Waals surface area contributed by atoms with Crippen molar-refractivity contribution in [1.29, 1.82) is 5.26 Å². The summed E-state index contributed by atoms with van der Waals surface area (Å²) in [5.74, 6) is 0.545. The fourth-order valence-electron chi connectivity index (χ4n) is 3.87. The Hall–Kier alpha value is -0.850. The molecule has 1 fully saturated rings. The molecule has 1 saturated carbocycles. The lowest BCUT2D eigenvalue weighted by atomic mass is 9.58. The maximum Gasteiger partial charge on any atom is 0.108 e. The third-order valence-electron chi connectivity index (χ3n) is 5.25. The minimum atomic E-state index is -1.07. The van der Waals surface area contributed by atoms with Crippen LogP contribution in [0.3, 0.4) is 0 Å². The Morgan fingerprint density at radius 1 is 1.48 bits per heavy atom. The van der Waals surface area contributed by atoms with Gasteiger partial charge in [-0.1, -0.05) is 61.2 Å². The smallest absolute Gasteiger partial charge is 0.108 e. The van der Waals surface area contributed by atoms with Crippen LogP contribution in [0.15, 0.2) is 28.7 Å². The first-order valence-corrected chi connectivity index (χ1v) is 8.70. The number of rotatable bonds is 4. The minimum Gasteiger partial charge on any atom is -0.383 e. The van der Waals surface area contributed by atoms with E-state index in [1.807, 2.05) is 31.2 Å². The molecule has 0 aromatic heterocycles. The number of nitriles is 1. The second-order valence-electron chi connectivity index (χ2n) is 6.29. The van der Waals surface area contributed by atoms with E-state index < -0.39 is 11.0 Å². The molecular formula is C18H24BrNO. The number of aliphatic hydroxyl groups is 1. The van der Waals surface area contributed by atoms with Gasteiger partial charge < -0.3 is 5.11 Å². The quantitative estimate of drug-likeness (QED) is 0.815. The zero-order valence-electron chi connectivity index (χ0n) is 12.9. The molecule has 1 aromatic carbocycles. The lowest BCUT2D eigenvalue weighted by molar-refractivity contribution is -0.0915. The molecule has 3 unspecified atom stereocenters. The summed E-state index contributed by atoms with van der Waals surface area (Å²) >= 11 is 3.48. The first kappa shape index (κ1) is 16.5. The summed E-state index contributed by atoms with van der Waals surface area (Å²) in [4.78, 5) is 0. The molecule has 0 saturated heterocycles. The topological polar surface area (TPSA) is 44.0 Å². The van der Waals surface area contributed by atoms with Crippen LogP contribution < -0.4 is 0 Å². The number of benzene rings is 1. The standard InChI is InChI=1S/C18H24BrNO/c1-3-14-7-6-10-17(12-14,13-20)18(21,4-2)15-8-5-9-16(19)11-15/h5,8-9,11,14,21H,3-4,6-7,10,12H2,1-2H3. The average Bonchev–Trinajstić information content (AvgIpc) is 2.53. The van der Waals surface area contributed by atoms with E-state index in [9.17, 15) is 10.4 Å². The fraction of sp³-hybridized carbons (Fsp3) is 0.611. The highest BCUT2D eigenvalue weighted by atomic mass is 79.9. The van der Waals surface area contributed by atoms with E-state index in [0.29, 0.717) is 12.3 Å². The van der Waals surface area contributed by atoms with Crippen molar-refractivity contribution in [2.24, 2.45) is 11.3 Å². The van der Waals surface area contributed by atoms with Crippen LogP contribution in [-0.2, 0) is 5.60 Å². The lowest BCUT2D eigenvalue weighted by Crippen LogP contribution is -2.47. The molecule has 0 aliphatic heterocycles. The number of hydrogen-bond acceptors (Lipinski definition) is 2. The Morgan fingerprint density at radius 3 is 2.81 bits per heavy atom. The molecule has 2 nitrogen and oxygen atoms in total.